The molecule has 0 N–H and O–H groups in total. The van der Waals surface area contributed by atoms with E-state index in [1.165, 1.54) is 18.2 Å². The van der Waals surface area contributed by atoms with E-state index in [-0.39, 0.29) is 42.3 Å². The number of nitrogens with zero attached hydrogens (tertiary/aromatic N) is 4. The normalized spacial score (nSPS) is 20.9. The Hall–Kier alpha value is -3.21. The largest absolute Gasteiger partial charge is 0.359 e. The topological polar surface area (TPSA) is 76.9 Å². The van der Waals surface area contributed by atoms with E-state index in [0.29, 0.717) is 31.3 Å². The highest BCUT2D eigenvalue weighted by atomic mass is 32.2. The van der Waals surface area contributed by atoms with Gasteiger partial charge in [0.1, 0.15) is 18.4 Å². The second kappa shape index (κ2) is 11.1. The van der Waals surface area contributed by atoms with Gasteiger partial charge in [-0.2, -0.15) is 4.98 Å². The molecule has 0 saturated carbocycles. The third-order valence-electron chi connectivity index (χ3n) is 7.49. The van der Waals surface area contributed by atoms with E-state index in [1.807, 2.05) is 25.7 Å². The van der Waals surface area contributed by atoms with Crippen LogP contribution in [0.3, 0.4) is 0 Å². The number of carbonyl (C=O) groups is 1. The zero-order valence-corrected chi connectivity index (χ0v) is 23.5. The summed E-state index contributed by atoms with van der Waals surface area (Å²) < 4.78 is 26.3. The first kappa shape index (κ1) is 27.4. The lowest BCUT2D eigenvalue weighted by atomic mass is 9.97. The van der Waals surface area contributed by atoms with Crippen LogP contribution in [0, 0.1) is 12.7 Å². The molecule has 1 saturated heterocycles. The number of thioether (sulfide) groups is 1. The fourth-order valence-corrected chi connectivity index (χ4v) is 7.02. The fourth-order valence-electron chi connectivity index (χ4n) is 5.65. The molecule has 2 aliphatic heterocycles. The summed E-state index contributed by atoms with van der Waals surface area (Å²) in [5.74, 6) is 0.842. The van der Waals surface area contributed by atoms with Crippen LogP contribution in [0.25, 0.3) is 22.0 Å². The molecule has 3 atom stereocenters. The van der Waals surface area contributed by atoms with Crippen LogP contribution in [0.15, 0.2) is 52.7 Å². The van der Waals surface area contributed by atoms with Crippen LogP contribution < -0.4 is 10.6 Å². The number of aromatic nitrogens is 2. The van der Waals surface area contributed by atoms with Crippen molar-refractivity contribution in [2.24, 2.45) is 0 Å². The number of methoxy groups -OCH3 is 1. The standard InChI is InChI=1S/C29H33FN4O4S/c1-6-24(35)32-12-19(4)33(13-18(32)3)28-23-11-17(2)25(20-7-9-21(30)10-8-20)27-26(23)34(29(36)31-28)22(15-39-27)14-38-16-37-5/h6-11,18-19,22H,1,12-16H2,2-5H3/t18-,19+,22+/m1/s1. The van der Waals surface area contributed by atoms with Crippen molar-refractivity contribution in [2.75, 3.05) is 44.3 Å². The SMILES string of the molecule is C=CC(=O)N1C[C@H](C)N(c2nc(=O)n3c4c(c(-c5ccc(F)cc5)c(C)cc24)SC[C@@H]3COCOC)C[C@H]1C. The van der Waals surface area contributed by atoms with Gasteiger partial charge in [-0.3, -0.25) is 9.36 Å². The molecule has 0 unspecified atom stereocenters. The predicted molar refractivity (Wildman–Crippen MR) is 152 cm³/mol. The predicted octanol–water partition coefficient (Wildman–Crippen LogP) is 4.39. The lowest BCUT2D eigenvalue weighted by Gasteiger charge is -2.45. The third kappa shape index (κ3) is 4.97. The van der Waals surface area contributed by atoms with Crippen molar-refractivity contribution in [1.82, 2.24) is 14.5 Å². The molecule has 0 radical (unpaired) electrons. The molecule has 0 spiro atoms. The van der Waals surface area contributed by atoms with Gasteiger partial charge in [-0.25, -0.2) is 9.18 Å². The molecular weight excluding hydrogens is 519 g/mol. The summed E-state index contributed by atoms with van der Waals surface area (Å²) in [6.07, 6.45) is 1.34. The minimum Gasteiger partial charge on any atom is -0.359 e. The van der Waals surface area contributed by atoms with Crippen LogP contribution in [-0.4, -0.2) is 71.8 Å². The molecule has 1 aromatic heterocycles. The van der Waals surface area contributed by atoms with Crippen LogP contribution in [-0.2, 0) is 14.3 Å². The first-order valence-electron chi connectivity index (χ1n) is 13.0. The quantitative estimate of drug-likeness (QED) is 0.244. The van der Waals surface area contributed by atoms with E-state index in [9.17, 15) is 14.0 Å². The van der Waals surface area contributed by atoms with E-state index in [0.717, 1.165) is 32.5 Å². The van der Waals surface area contributed by atoms with Gasteiger partial charge in [0.25, 0.3) is 0 Å². The average molecular weight is 553 g/mol. The van der Waals surface area contributed by atoms with Gasteiger partial charge in [-0.05, 0) is 56.2 Å². The van der Waals surface area contributed by atoms with Crippen molar-refractivity contribution in [1.29, 1.82) is 0 Å². The fraction of sp³-hybridized carbons (Fsp3) is 0.414. The lowest BCUT2D eigenvalue weighted by molar-refractivity contribution is -0.128. The zero-order chi connectivity index (χ0) is 27.8. The molecule has 39 heavy (non-hydrogen) atoms. The molecule has 1 fully saturated rings. The Bertz CT molecular complexity index is 1480. The molecule has 3 aromatic rings. The van der Waals surface area contributed by atoms with Gasteiger partial charge in [0, 0.05) is 53.9 Å². The molecule has 0 bridgehead atoms. The van der Waals surface area contributed by atoms with E-state index in [4.69, 9.17) is 9.47 Å². The number of rotatable bonds is 7. The van der Waals surface area contributed by atoms with Gasteiger partial charge in [-0.1, -0.05) is 18.7 Å². The van der Waals surface area contributed by atoms with Gasteiger partial charge < -0.3 is 19.3 Å². The number of anilines is 1. The summed E-state index contributed by atoms with van der Waals surface area (Å²) in [5.41, 5.74) is 3.35. The van der Waals surface area contributed by atoms with Crippen LogP contribution in [0.4, 0.5) is 10.2 Å². The number of carbonyl (C=O) groups excluding carboxylic acids is 1. The highest BCUT2D eigenvalue weighted by Gasteiger charge is 2.35. The number of piperazine rings is 1. The molecule has 2 aliphatic rings. The summed E-state index contributed by atoms with van der Waals surface area (Å²) in [5, 5.41) is 0.874. The monoisotopic (exact) mass is 552 g/mol. The molecular formula is C29H33FN4O4S. The van der Waals surface area contributed by atoms with Gasteiger partial charge in [-0.15, -0.1) is 11.8 Å². The van der Waals surface area contributed by atoms with Crippen LogP contribution in [0.5, 0.6) is 0 Å². The Kier molecular flexibility index (Phi) is 7.80. The van der Waals surface area contributed by atoms with Crippen molar-refractivity contribution in [3.8, 4) is 11.1 Å². The van der Waals surface area contributed by atoms with Crippen molar-refractivity contribution in [2.45, 2.75) is 43.8 Å². The van der Waals surface area contributed by atoms with E-state index in [1.54, 1.807) is 35.6 Å². The molecule has 0 aliphatic carbocycles. The van der Waals surface area contributed by atoms with Crippen molar-refractivity contribution in [3.63, 3.8) is 0 Å². The maximum Gasteiger partial charge on any atom is 0.350 e. The van der Waals surface area contributed by atoms with Crippen LogP contribution in [0.2, 0.25) is 0 Å². The van der Waals surface area contributed by atoms with Gasteiger partial charge in [0.15, 0.2) is 0 Å². The first-order valence-corrected chi connectivity index (χ1v) is 14.0. The number of ether oxygens (including phenoxy) is 2. The number of halogens is 1. The molecule has 5 rings (SSSR count). The molecule has 1 amide bonds. The van der Waals surface area contributed by atoms with E-state index >= 15 is 0 Å². The molecule has 3 heterocycles. The number of benzene rings is 2. The second-order valence-corrected chi connectivity index (χ2v) is 11.2. The van der Waals surface area contributed by atoms with Gasteiger partial charge >= 0.3 is 5.69 Å². The van der Waals surface area contributed by atoms with Gasteiger partial charge in [0.2, 0.25) is 5.91 Å². The summed E-state index contributed by atoms with van der Waals surface area (Å²) in [7, 11) is 1.56. The van der Waals surface area contributed by atoms with Gasteiger partial charge in [0.05, 0.1) is 18.2 Å². The smallest absolute Gasteiger partial charge is 0.350 e. The Balaban J connectivity index is 1.71. The minimum atomic E-state index is -0.344. The second-order valence-electron chi connectivity index (χ2n) is 10.2. The highest BCUT2D eigenvalue weighted by molar-refractivity contribution is 7.99. The van der Waals surface area contributed by atoms with Crippen molar-refractivity contribution >= 4 is 34.4 Å². The minimum absolute atomic E-state index is 0.0620. The Morgan fingerprint density at radius 2 is 1.97 bits per heavy atom. The number of amides is 1. The lowest BCUT2D eigenvalue weighted by Crippen LogP contribution is -2.58. The van der Waals surface area contributed by atoms with Crippen LogP contribution >= 0.6 is 11.8 Å². The Morgan fingerprint density at radius 3 is 2.67 bits per heavy atom. The van der Waals surface area contributed by atoms with Crippen molar-refractivity contribution in [3.05, 3.63) is 64.9 Å². The molecule has 206 valence electrons. The maximum atomic E-state index is 13.8. The summed E-state index contributed by atoms with van der Waals surface area (Å²) in [4.78, 5) is 35.7. The van der Waals surface area contributed by atoms with Crippen LogP contribution in [0.1, 0.15) is 25.5 Å². The van der Waals surface area contributed by atoms with E-state index < -0.39 is 0 Å². The summed E-state index contributed by atoms with van der Waals surface area (Å²) >= 11 is 1.68. The zero-order valence-electron chi connectivity index (χ0n) is 22.6. The average Bonchev–Trinajstić information content (AvgIpc) is 2.92. The van der Waals surface area contributed by atoms with Crippen molar-refractivity contribution < 1.29 is 18.7 Å². The molecule has 8 nitrogen and oxygen atoms in total. The number of aryl methyl sites for hydroxylation is 1. The third-order valence-corrected chi connectivity index (χ3v) is 8.72. The Morgan fingerprint density at radius 1 is 1.23 bits per heavy atom. The first-order chi connectivity index (χ1) is 18.7. The number of hydrogen-bond donors (Lipinski definition) is 0. The molecule has 2 aromatic carbocycles. The summed E-state index contributed by atoms with van der Waals surface area (Å²) in [6.45, 7) is 11.2. The molecule has 10 heteroatoms. The maximum absolute atomic E-state index is 13.8. The highest BCUT2D eigenvalue weighted by Crippen LogP contribution is 2.46. The number of hydrogen-bond acceptors (Lipinski definition) is 7. The van der Waals surface area contributed by atoms with E-state index in [2.05, 4.69) is 22.5 Å². The summed E-state index contributed by atoms with van der Waals surface area (Å²) in [6, 6.07) is 8.17. The Labute approximate surface area is 231 Å².